The van der Waals surface area contributed by atoms with Crippen LogP contribution in [0.1, 0.15) is 32.1 Å². The molecule has 2 N–H and O–H groups in total. The lowest BCUT2D eigenvalue weighted by Crippen LogP contribution is -2.30. The molecule has 0 aliphatic heterocycles. The summed E-state index contributed by atoms with van der Waals surface area (Å²) in [5.41, 5.74) is 0. The molecule has 0 atom stereocenters. The van der Waals surface area contributed by atoms with E-state index in [1.807, 2.05) is 0 Å². The van der Waals surface area contributed by atoms with Gasteiger partial charge in [0.25, 0.3) is 0 Å². The first-order chi connectivity index (χ1) is 6.97. The van der Waals surface area contributed by atoms with Crippen LogP contribution in [0.25, 0.3) is 0 Å². The summed E-state index contributed by atoms with van der Waals surface area (Å²) in [5.74, 6) is 0.432. The highest BCUT2D eigenvalue weighted by Gasteiger charge is 2.26. The second kappa shape index (κ2) is 5.70. The summed E-state index contributed by atoms with van der Waals surface area (Å²) in [7, 11) is 0. The van der Waals surface area contributed by atoms with Gasteiger partial charge in [0, 0.05) is 6.54 Å². The van der Waals surface area contributed by atoms with E-state index in [0.717, 1.165) is 25.7 Å². The third-order valence-electron chi connectivity index (χ3n) is 2.83. The molecule has 0 aromatic heterocycles. The van der Waals surface area contributed by atoms with Gasteiger partial charge in [0.1, 0.15) is 0 Å². The Hall–Kier alpha value is -0.290. The van der Waals surface area contributed by atoms with Crippen LogP contribution in [0.15, 0.2) is 0 Å². The summed E-state index contributed by atoms with van der Waals surface area (Å²) < 4.78 is 35.4. The fourth-order valence-electron chi connectivity index (χ4n) is 1.89. The number of nitrogens with one attached hydrogen (secondary N) is 1. The van der Waals surface area contributed by atoms with Crippen LogP contribution in [0.3, 0.4) is 0 Å². The minimum Gasteiger partial charge on any atom is -0.393 e. The highest BCUT2D eigenvalue weighted by Crippen LogP contribution is 2.23. The third kappa shape index (κ3) is 5.99. The van der Waals surface area contributed by atoms with E-state index in [9.17, 15) is 18.3 Å². The van der Waals surface area contributed by atoms with E-state index in [1.165, 1.54) is 0 Å². The van der Waals surface area contributed by atoms with Gasteiger partial charge >= 0.3 is 6.18 Å². The third-order valence-corrected chi connectivity index (χ3v) is 2.83. The SMILES string of the molecule is OC1CCC(CNCCC(F)(F)F)CC1. The first kappa shape index (κ1) is 12.8. The number of aliphatic hydroxyl groups is 1. The van der Waals surface area contributed by atoms with Crippen LogP contribution in [-0.4, -0.2) is 30.5 Å². The molecule has 1 saturated carbocycles. The van der Waals surface area contributed by atoms with Crippen molar-refractivity contribution < 1.29 is 18.3 Å². The van der Waals surface area contributed by atoms with E-state index in [-0.39, 0.29) is 12.6 Å². The summed E-state index contributed by atoms with van der Waals surface area (Å²) in [4.78, 5) is 0. The molecule has 1 aliphatic rings. The van der Waals surface area contributed by atoms with Crippen LogP contribution in [0, 0.1) is 5.92 Å². The van der Waals surface area contributed by atoms with Crippen molar-refractivity contribution in [2.24, 2.45) is 5.92 Å². The van der Waals surface area contributed by atoms with Crippen molar-refractivity contribution in [1.82, 2.24) is 5.32 Å². The molecule has 0 heterocycles. The molecule has 0 unspecified atom stereocenters. The molecule has 0 amide bonds. The minimum atomic E-state index is -4.06. The highest BCUT2D eigenvalue weighted by atomic mass is 19.4. The molecule has 1 rings (SSSR count). The molecule has 0 bridgehead atoms. The van der Waals surface area contributed by atoms with Crippen LogP contribution in [0.5, 0.6) is 0 Å². The Balaban J connectivity index is 2.01. The first-order valence-electron chi connectivity index (χ1n) is 5.43. The maximum absolute atomic E-state index is 11.8. The Morgan fingerprint density at radius 3 is 2.27 bits per heavy atom. The zero-order valence-corrected chi connectivity index (χ0v) is 8.69. The molecule has 0 aromatic rings. The van der Waals surface area contributed by atoms with Crippen molar-refractivity contribution in [2.45, 2.75) is 44.4 Å². The molecule has 90 valence electrons. The summed E-state index contributed by atoms with van der Waals surface area (Å²) in [6, 6.07) is 0. The molecular formula is C10H18F3NO. The Bertz CT molecular complexity index is 176. The average molecular weight is 225 g/mol. The Kier molecular flexibility index (Phi) is 4.86. The molecule has 0 spiro atoms. The molecule has 0 radical (unpaired) electrons. The van der Waals surface area contributed by atoms with Gasteiger partial charge in [-0.05, 0) is 38.1 Å². The normalized spacial score (nSPS) is 28.0. The smallest absolute Gasteiger partial charge is 0.390 e. The van der Waals surface area contributed by atoms with Gasteiger partial charge in [0.15, 0.2) is 0 Å². The summed E-state index contributed by atoms with van der Waals surface area (Å²) in [6.45, 7) is 0.644. The lowest BCUT2D eigenvalue weighted by Gasteiger charge is -2.25. The fraction of sp³-hybridized carbons (Fsp3) is 1.00. The van der Waals surface area contributed by atoms with Crippen molar-refractivity contribution in [1.29, 1.82) is 0 Å². The van der Waals surface area contributed by atoms with E-state index in [1.54, 1.807) is 0 Å². The minimum absolute atomic E-state index is 0.00253. The number of halogens is 3. The van der Waals surface area contributed by atoms with Crippen LogP contribution >= 0.6 is 0 Å². The van der Waals surface area contributed by atoms with Crippen molar-refractivity contribution in [2.75, 3.05) is 13.1 Å². The molecule has 1 aliphatic carbocycles. The lowest BCUT2D eigenvalue weighted by molar-refractivity contribution is -0.133. The zero-order valence-electron chi connectivity index (χ0n) is 8.69. The second-order valence-corrected chi connectivity index (χ2v) is 4.24. The van der Waals surface area contributed by atoms with Crippen molar-refractivity contribution >= 4 is 0 Å². The van der Waals surface area contributed by atoms with E-state index in [4.69, 9.17) is 0 Å². The maximum Gasteiger partial charge on any atom is 0.390 e. The fourth-order valence-corrected chi connectivity index (χ4v) is 1.89. The van der Waals surface area contributed by atoms with Gasteiger partial charge in [-0.25, -0.2) is 0 Å². The van der Waals surface area contributed by atoms with Crippen LogP contribution in [0.4, 0.5) is 13.2 Å². The Morgan fingerprint density at radius 1 is 1.13 bits per heavy atom. The van der Waals surface area contributed by atoms with Gasteiger partial charge in [0.2, 0.25) is 0 Å². The number of aliphatic hydroxyl groups excluding tert-OH is 1. The number of hydrogen-bond acceptors (Lipinski definition) is 2. The van der Waals surface area contributed by atoms with E-state index < -0.39 is 12.6 Å². The molecule has 1 fully saturated rings. The lowest BCUT2D eigenvalue weighted by atomic mass is 9.87. The number of hydrogen-bond donors (Lipinski definition) is 2. The predicted molar refractivity (Wildman–Crippen MR) is 51.5 cm³/mol. The average Bonchev–Trinajstić information content (AvgIpc) is 2.14. The summed E-state index contributed by atoms with van der Waals surface area (Å²) in [5, 5.41) is 12.1. The molecule has 0 saturated heterocycles. The maximum atomic E-state index is 11.8. The summed E-state index contributed by atoms with van der Waals surface area (Å²) in [6.07, 6.45) is -1.62. The van der Waals surface area contributed by atoms with Gasteiger partial charge < -0.3 is 10.4 Å². The Labute approximate surface area is 87.9 Å². The first-order valence-corrected chi connectivity index (χ1v) is 5.43. The van der Waals surface area contributed by atoms with Crippen molar-refractivity contribution in [3.05, 3.63) is 0 Å². The quantitative estimate of drug-likeness (QED) is 0.718. The molecule has 0 aromatic carbocycles. The van der Waals surface area contributed by atoms with Gasteiger partial charge in [-0.3, -0.25) is 0 Å². The predicted octanol–water partition coefficient (Wildman–Crippen LogP) is 2.08. The van der Waals surface area contributed by atoms with E-state index in [0.29, 0.717) is 12.5 Å². The van der Waals surface area contributed by atoms with Crippen molar-refractivity contribution in [3.8, 4) is 0 Å². The van der Waals surface area contributed by atoms with Crippen molar-refractivity contribution in [3.63, 3.8) is 0 Å². The standard InChI is InChI=1S/C10H18F3NO/c11-10(12,13)5-6-14-7-8-1-3-9(15)4-2-8/h8-9,14-15H,1-7H2. The van der Waals surface area contributed by atoms with Crippen LogP contribution in [-0.2, 0) is 0 Å². The van der Waals surface area contributed by atoms with Crippen LogP contribution in [0.2, 0.25) is 0 Å². The van der Waals surface area contributed by atoms with Gasteiger partial charge in [-0.15, -0.1) is 0 Å². The number of rotatable bonds is 4. The molecule has 15 heavy (non-hydrogen) atoms. The van der Waals surface area contributed by atoms with E-state index >= 15 is 0 Å². The monoisotopic (exact) mass is 225 g/mol. The molecule has 2 nitrogen and oxygen atoms in total. The van der Waals surface area contributed by atoms with Gasteiger partial charge in [0.05, 0.1) is 12.5 Å². The zero-order chi connectivity index (χ0) is 11.3. The van der Waals surface area contributed by atoms with E-state index in [2.05, 4.69) is 5.32 Å². The molecular weight excluding hydrogens is 207 g/mol. The molecule has 5 heteroatoms. The summed E-state index contributed by atoms with van der Waals surface area (Å²) >= 11 is 0. The Morgan fingerprint density at radius 2 is 1.73 bits per heavy atom. The number of alkyl halides is 3. The van der Waals surface area contributed by atoms with Crippen LogP contribution < -0.4 is 5.32 Å². The van der Waals surface area contributed by atoms with Gasteiger partial charge in [-0.2, -0.15) is 13.2 Å². The largest absolute Gasteiger partial charge is 0.393 e. The highest BCUT2D eigenvalue weighted by molar-refractivity contribution is 4.73. The second-order valence-electron chi connectivity index (χ2n) is 4.24. The topological polar surface area (TPSA) is 32.3 Å². The van der Waals surface area contributed by atoms with Gasteiger partial charge in [-0.1, -0.05) is 0 Å².